The predicted octanol–water partition coefficient (Wildman–Crippen LogP) is 4.80. The lowest BCUT2D eigenvalue weighted by Gasteiger charge is -2.09. The van der Waals surface area contributed by atoms with Crippen LogP contribution in [0.1, 0.15) is 11.1 Å². The molecular formula is C14H8Br2FNO. The maximum absolute atomic E-state index is 13.2. The lowest BCUT2D eigenvalue weighted by atomic mass is 10.1. The Morgan fingerprint density at radius 3 is 2.63 bits per heavy atom. The van der Waals surface area contributed by atoms with Crippen molar-refractivity contribution in [1.29, 1.82) is 5.26 Å². The Hall–Kier alpha value is -1.38. The molecule has 0 aliphatic rings. The summed E-state index contributed by atoms with van der Waals surface area (Å²) in [6, 6.07) is 11.7. The van der Waals surface area contributed by atoms with Crippen molar-refractivity contribution in [1.82, 2.24) is 0 Å². The fourth-order valence-electron chi connectivity index (χ4n) is 1.50. The largest absolute Gasteiger partial charge is 0.488 e. The van der Waals surface area contributed by atoms with Crippen molar-refractivity contribution in [2.24, 2.45) is 0 Å². The fourth-order valence-corrected chi connectivity index (χ4v) is 2.66. The van der Waals surface area contributed by atoms with E-state index in [2.05, 4.69) is 31.9 Å². The van der Waals surface area contributed by atoms with Gasteiger partial charge in [-0.2, -0.15) is 5.26 Å². The van der Waals surface area contributed by atoms with Crippen LogP contribution >= 0.6 is 31.9 Å². The number of hydrogen-bond donors (Lipinski definition) is 0. The third-order valence-electron chi connectivity index (χ3n) is 2.44. The predicted molar refractivity (Wildman–Crippen MR) is 77.3 cm³/mol. The molecule has 0 aliphatic carbocycles. The Morgan fingerprint density at radius 1 is 1.16 bits per heavy atom. The highest BCUT2D eigenvalue weighted by atomic mass is 79.9. The highest BCUT2D eigenvalue weighted by Crippen LogP contribution is 2.28. The van der Waals surface area contributed by atoms with Crippen molar-refractivity contribution in [2.45, 2.75) is 6.61 Å². The molecule has 0 amide bonds. The van der Waals surface area contributed by atoms with Crippen molar-refractivity contribution < 1.29 is 9.13 Å². The monoisotopic (exact) mass is 383 g/mol. The second kappa shape index (κ2) is 6.18. The summed E-state index contributed by atoms with van der Waals surface area (Å²) in [6.45, 7) is 0.273. The molecule has 0 unspecified atom stereocenters. The number of benzene rings is 2. The van der Waals surface area contributed by atoms with Gasteiger partial charge in [-0.3, -0.25) is 0 Å². The molecule has 0 saturated carbocycles. The maximum atomic E-state index is 13.2. The molecule has 0 spiro atoms. The Kier molecular flexibility index (Phi) is 4.56. The molecule has 0 heterocycles. The van der Waals surface area contributed by atoms with Gasteiger partial charge in [-0.25, -0.2) is 4.39 Å². The minimum Gasteiger partial charge on any atom is -0.488 e. The standard InChI is InChI=1S/C14H8Br2FNO/c15-11-2-4-14(12(16)6-11)19-8-9-1-3-13(17)10(5-9)7-18/h1-6H,8H2. The molecule has 0 bridgehead atoms. The van der Waals surface area contributed by atoms with Gasteiger partial charge in [0.15, 0.2) is 0 Å². The minimum absolute atomic E-state index is 0.0240. The zero-order valence-corrected chi connectivity index (χ0v) is 12.8. The van der Waals surface area contributed by atoms with Crippen LogP contribution in [0.5, 0.6) is 5.75 Å². The van der Waals surface area contributed by atoms with E-state index in [9.17, 15) is 4.39 Å². The molecule has 0 fully saturated rings. The van der Waals surface area contributed by atoms with Crippen molar-refractivity contribution in [3.8, 4) is 11.8 Å². The molecule has 0 atom stereocenters. The average Bonchev–Trinajstić information content (AvgIpc) is 2.39. The lowest BCUT2D eigenvalue weighted by Crippen LogP contribution is -1.97. The van der Waals surface area contributed by atoms with Crippen molar-refractivity contribution in [3.63, 3.8) is 0 Å². The van der Waals surface area contributed by atoms with Crippen LogP contribution in [0.15, 0.2) is 45.3 Å². The second-order valence-electron chi connectivity index (χ2n) is 3.79. The third-order valence-corrected chi connectivity index (χ3v) is 3.55. The first-order valence-corrected chi connectivity index (χ1v) is 6.95. The molecule has 19 heavy (non-hydrogen) atoms. The number of nitriles is 1. The van der Waals surface area contributed by atoms with Gasteiger partial charge in [0, 0.05) is 4.47 Å². The van der Waals surface area contributed by atoms with E-state index in [0.29, 0.717) is 5.75 Å². The second-order valence-corrected chi connectivity index (χ2v) is 5.56. The summed E-state index contributed by atoms with van der Waals surface area (Å²) < 4.78 is 20.6. The topological polar surface area (TPSA) is 33.0 Å². The van der Waals surface area contributed by atoms with Crippen LogP contribution in [-0.4, -0.2) is 0 Å². The number of ether oxygens (including phenoxy) is 1. The summed E-state index contributed by atoms with van der Waals surface area (Å²) in [4.78, 5) is 0. The molecule has 2 aromatic rings. The Morgan fingerprint density at radius 2 is 1.95 bits per heavy atom. The Bertz CT molecular complexity index is 652. The Balaban J connectivity index is 2.13. The van der Waals surface area contributed by atoms with Gasteiger partial charge in [-0.1, -0.05) is 22.0 Å². The van der Waals surface area contributed by atoms with Crippen molar-refractivity contribution >= 4 is 31.9 Å². The van der Waals surface area contributed by atoms with Crippen molar-refractivity contribution in [3.05, 3.63) is 62.3 Å². The molecule has 0 saturated heterocycles. The molecule has 2 aromatic carbocycles. The minimum atomic E-state index is -0.518. The summed E-state index contributed by atoms with van der Waals surface area (Å²) >= 11 is 6.75. The van der Waals surface area contributed by atoms with Gasteiger partial charge in [0.1, 0.15) is 24.2 Å². The molecule has 0 N–H and O–H groups in total. The number of hydrogen-bond acceptors (Lipinski definition) is 2. The van der Waals surface area contributed by atoms with E-state index in [1.54, 1.807) is 12.1 Å². The maximum Gasteiger partial charge on any atom is 0.140 e. The van der Waals surface area contributed by atoms with Crippen LogP contribution in [-0.2, 0) is 6.61 Å². The van der Waals surface area contributed by atoms with Crippen LogP contribution in [0.25, 0.3) is 0 Å². The normalized spacial score (nSPS) is 10.0. The summed E-state index contributed by atoms with van der Waals surface area (Å²) in [6.07, 6.45) is 0. The quantitative estimate of drug-likeness (QED) is 0.761. The van der Waals surface area contributed by atoms with Crippen LogP contribution < -0.4 is 4.74 Å². The summed E-state index contributed by atoms with van der Waals surface area (Å²) in [5, 5.41) is 8.76. The van der Waals surface area contributed by atoms with E-state index in [-0.39, 0.29) is 12.2 Å². The number of rotatable bonds is 3. The van der Waals surface area contributed by atoms with Gasteiger partial charge in [0.05, 0.1) is 10.0 Å². The molecule has 0 aromatic heterocycles. The third kappa shape index (κ3) is 3.55. The number of halogens is 3. The van der Waals surface area contributed by atoms with Gasteiger partial charge >= 0.3 is 0 Å². The molecule has 2 nitrogen and oxygen atoms in total. The van der Waals surface area contributed by atoms with Crippen LogP contribution in [0.4, 0.5) is 4.39 Å². The molecule has 2 rings (SSSR count). The zero-order chi connectivity index (χ0) is 13.8. The fraction of sp³-hybridized carbons (Fsp3) is 0.0714. The van der Waals surface area contributed by atoms with Crippen molar-refractivity contribution in [2.75, 3.05) is 0 Å². The zero-order valence-electron chi connectivity index (χ0n) is 9.66. The van der Waals surface area contributed by atoms with E-state index < -0.39 is 5.82 Å². The van der Waals surface area contributed by atoms with E-state index in [1.807, 2.05) is 18.2 Å². The van der Waals surface area contributed by atoms with Gasteiger partial charge in [-0.05, 0) is 51.8 Å². The van der Waals surface area contributed by atoms with Gasteiger partial charge in [0.25, 0.3) is 0 Å². The van der Waals surface area contributed by atoms with E-state index in [4.69, 9.17) is 10.00 Å². The number of nitrogens with zero attached hydrogens (tertiary/aromatic N) is 1. The SMILES string of the molecule is N#Cc1cc(COc2ccc(Br)cc2Br)ccc1F. The van der Waals surface area contributed by atoms with Crippen LogP contribution in [0.3, 0.4) is 0 Å². The van der Waals surface area contributed by atoms with Gasteiger partial charge < -0.3 is 4.74 Å². The summed E-state index contributed by atoms with van der Waals surface area (Å²) in [7, 11) is 0. The molecule has 0 radical (unpaired) electrons. The summed E-state index contributed by atoms with van der Waals surface area (Å²) in [5.41, 5.74) is 0.767. The van der Waals surface area contributed by atoms with E-state index in [0.717, 1.165) is 14.5 Å². The van der Waals surface area contributed by atoms with E-state index >= 15 is 0 Å². The van der Waals surface area contributed by atoms with E-state index in [1.165, 1.54) is 12.1 Å². The molecule has 0 aliphatic heterocycles. The molecule has 96 valence electrons. The lowest BCUT2D eigenvalue weighted by molar-refractivity contribution is 0.304. The highest BCUT2D eigenvalue weighted by Gasteiger charge is 2.05. The first-order chi connectivity index (χ1) is 9.10. The molecular weight excluding hydrogens is 377 g/mol. The highest BCUT2D eigenvalue weighted by molar-refractivity contribution is 9.11. The smallest absolute Gasteiger partial charge is 0.140 e. The Labute approximate surface area is 127 Å². The molecule has 5 heteroatoms. The first kappa shape index (κ1) is 14.0. The van der Waals surface area contributed by atoms with Crippen LogP contribution in [0.2, 0.25) is 0 Å². The van der Waals surface area contributed by atoms with Gasteiger partial charge in [0.2, 0.25) is 0 Å². The van der Waals surface area contributed by atoms with Crippen LogP contribution in [0, 0.1) is 17.1 Å². The average molecular weight is 385 g/mol. The van der Waals surface area contributed by atoms with Gasteiger partial charge in [-0.15, -0.1) is 0 Å². The summed E-state index contributed by atoms with van der Waals surface area (Å²) in [5.74, 6) is 0.169. The first-order valence-electron chi connectivity index (χ1n) is 5.36.